The molecule has 8 nitrogen and oxygen atoms in total. The highest BCUT2D eigenvalue weighted by molar-refractivity contribution is 7.14. The highest BCUT2D eigenvalue weighted by Gasteiger charge is 2.17. The number of carbonyl (C=O) groups excluding carboxylic acids is 1. The molecule has 2 aromatic heterocycles. The van der Waals surface area contributed by atoms with Crippen LogP contribution in [0.4, 0.5) is 10.8 Å². The van der Waals surface area contributed by atoms with E-state index in [9.17, 15) is 14.9 Å². The molecule has 0 saturated carbocycles. The van der Waals surface area contributed by atoms with Gasteiger partial charge in [0, 0.05) is 40.4 Å². The van der Waals surface area contributed by atoms with E-state index in [1.165, 1.54) is 17.4 Å². The second-order valence-electron chi connectivity index (χ2n) is 7.75. The predicted octanol–water partition coefficient (Wildman–Crippen LogP) is 4.68. The Labute approximate surface area is 179 Å². The summed E-state index contributed by atoms with van der Waals surface area (Å²) >= 11 is 1.29. The number of nitro groups is 1. The summed E-state index contributed by atoms with van der Waals surface area (Å²) in [6.07, 6.45) is 0.223. The van der Waals surface area contributed by atoms with Crippen molar-refractivity contribution in [3.8, 4) is 11.3 Å². The number of benzene rings is 1. The van der Waals surface area contributed by atoms with Crippen molar-refractivity contribution in [1.82, 2.24) is 14.8 Å². The third-order valence-electron chi connectivity index (χ3n) is 4.86. The van der Waals surface area contributed by atoms with Gasteiger partial charge in [-0.3, -0.25) is 19.6 Å². The molecule has 30 heavy (non-hydrogen) atoms. The fourth-order valence-electron chi connectivity index (χ4n) is 3.27. The number of thiazole rings is 1. The maximum absolute atomic E-state index is 12.6. The molecule has 2 heterocycles. The van der Waals surface area contributed by atoms with E-state index in [1.54, 1.807) is 24.4 Å². The number of hydrogen-bond donors (Lipinski definition) is 1. The average molecular weight is 428 g/mol. The van der Waals surface area contributed by atoms with E-state index < -0.39 is 4.92 Å². The minimum Gasteiger partial charge on any atom is -0.302 e. The van der Waals surface area contributed by atoms with Crippen LogP contribution in [0.25, 0.3) is 11.3 Å². The van der Waals surface area contributed by atoms with Gasteiger partial charge in [-0.15, -0.1) is 11.3 Å². The fourth-order valence-corrected chi connectivity index (χ4v) is 4.00. The van der Waals surface area contributed by atoms with E-state index in [0.717, 1.165) is 23.5 Å². The zero-order valence-electron chi connectivity index (χ0n) is 17.7. The Morgan fingerprint density at radius 1 is 1.30 bits per heavy atom. The summed E-state index contributed by atoms with van der Waals surface area (Å²) in [5, 5.41) is 20.8. The second kappa shape index (κ2) is 8.74. The molecule has 0 aliphatic rings. The third kappa shape index (κ3) is 4.73. The molecule has 0 unspecified atom stereocenters. The van der Waals surface area contributed by atoms with Gasteiger partial charge in [0.15, 0.2) is 5.13 Å². The molecule has 1 aromatic carbocycles. The maximum atomic E-state index is 12.6. The number of nitrogens with one attached hydrogen (secondary N) is 1. The largest absolute Gasteiger partial charge is 0.302 e. The summed E-state index contributed by atoms with van der Waals surface area (Å²) in [5.74, 6) is 0.303. The van der Waals surface area contributed by atoms with Crippen molar-refractivity contribution in [3.63, 3.8) is 0 Å². The SMILES string of the molecule is Cc1ccc(-c2csc(NC(=O)Cc3c(C)nn(CC(C)C)c3C)n2)cc1[N+](=O)[O-]. The van der Waals surface area contributed by atoms with Gasteiger partial charge in [0.1, 0.15) is 0 Å². The molecule has 0 aliphatic carbocycles. The fraction of sp³-hybridized carbons (Fsp3) is 0.381. The summed E-state index contributed by atoms with van der Waals surface area (Å²) in [6, 6.07) is 5.00. The van der Waals surface area contributed by atoms with Crippen LogP contribution >= 0.6 is 11.3 Å². The minimum absolute atomic E-state index is 0.0513. The van der Waals surface area contributed by atoms with Gasteiger partial charge in [0.2, 0.25) is 5.91 Å². The lowest BCUT2D eigenvalue weighted by Gasteiger charge is -2.08. The summed E-state index contributed by atoms with van der Waals surface area (Å²) in [5.41, 5.74) is 4.67. The molecule has 3 rings (SSSR count). The van der Waals surface area contributed by atoms with Crippen molar-refractivity contribution in [1.29, 1.82) is 0 Å². The smallest absolute Gasteiger partial charge is 0.272 e. The lowest BCUT2D eigenvalue weighted by molar-refractivity contribution is -0.385. The van der Waals surface area contributed by atoms with E-state index >= 15 is 0 Å². The Kier molecular flexibility index (Phi) is 6.31. The third-order valence-corrected chi connectivity index (χ3v) is 5.62. The van der Waals surface area contributed by atoms with Gasteiger partial charge in [-0.2, -0.15) is 5.10 Å². The Morgan fingerprint density at radius 3 is 2.70 bits per heavy atom. The summed E-state index contributed by atoms with van der Waals surface area (Å²) < 4.78 is 1.95. The number of carbonyl (C=O) groups is 1. The number of amides is 1. The summed E-state index contributed by atoms with van der Waals surface area (Å²) in [6.45, 7) is 10.7. The second-order valence-corrected chi connectivity index (χ2v) is 8.60. The molecule has 1 N–H and O–H groups in total. The highest BCUT2D eigenvalue weighted by Crippen LogP contribution is 2.29. The number of aromatic nitrogens is 3. The number of anilines is 1. The highest BCUT2D eigenvalue weighted by atomic mass is 32.1. The average Bonchev–Trinajstić information content (AvgIpc) is 3.22. The number of rotatable bonds is 7. The van der Waals surface area contributed by atoms with Crippen LogP contribution in [0.3, 0.4) is 0 Å². The molecule has 0 fully saturated rings. The van der Waals surface area contributed by atoms with Gasteiger partial charge in [-0.1, -0.05) is 26.0 Å². The van der Waals surface area contributed by atoms with E-state index in [0.29, 0.717) is 27.9 Å². The molecule has 3 aromatic rings. The van der Waals surface area contributed by atoms with Crippen molar-refractivity contribution >= 4 is 28.1 Å². The first kappa shape index (κ1) is 21.6. The van der Waals surface area contributed by atoms with Crippen LogP contribution in [0.2, 0.25) is 0 Å². The molecular formula is C21H25N5O3S. The molecule has 9 heteroatoms. The van der Waals surface area contributed by atoms with Crippen molar-refractivity contribution in [2.24, 2.45) is 5.92 Å². The van der Waals surface area contributed by atoms with E-state index in [4.69, 9.17) is 0 Å². The van der Waals surface area contributed by atoms with Gasteiger partial charge in [-0.05, 0) is 26.7 Å². The van der Waals surface area contributed by atoms with Gasteiger partial charge < -0.3 is 5.32 Å². The Morgan fingerprint density at radius 2 is 2.03 bits per heavy atom. The van der Waals surface area contributed by atoms with Crippen molar-refractivity contribution in [2.45, 2.75) is 47.6 Å². The van der Waals surface area contributed by atoms with Crippen molar-refractivity contribution < 1.29 is 9.72 Å². The molecule has 0 aliphatic heterocycles. The summed E-state index contributed by atoms with van der Waals surface area (Å²) in [4.78, 5) is 27.8. The first-order chi connectivity index (χ1) is 14.2. The monoisotopic (exact) mass is 427 g/mol. The maximum Gasteiger partial charge on any atom is 0.272 e. The first-order valence-electron chi connectivity index (χ1n) is 9.69. The lowest BCUT2D eigenvalue weighted by Crippen LogP contribution is -2.15. The van der Waals surface area contributed by atoms with E-state index in [-0.39, 0.29) is 18.0 Å². The number of aryl methyl sites for hydroxylation is 2. The van der Waals surface area contributed by atoms with Gasteiger partial charge in [-0.25, -0.2) is 4.98 Å². The molecule has 0 atom stereocenters. The first-order valence-corrected chi connectivity index (χ1v) is 10.6. The molecule has 1 amide bonds. The van der Waals surface area contributed by atoms with Crippen molar-refractivity contribution in [2.75, 3.05) is 5.32 Å². The number of nitrogens with zero attached hydrogens (tertiary/aromatic N) is 4. The van der Waals surface area contributed by atoms with Crippen LogP contribution in [0.5, 0.6) is 0 Å². The normalized spacial score (nSPS) is 11.1. The lowest BCUT2D eigenvalue weighted by atomic mass is 10.1. The zero-order valence-corrected chi connectivity index (χ0v) is 18.5. The van der Waals surface area contributed by atoms with Crippen molar-refractivity contribution in [3.05, 3.63) is 56.2 Å². The zero-order chi connectivity index (χ0) is 22.0. The van der Waals surface area contributed by atoms with Crippen LogP contribution in [0, 0.1) is 36.8 Å². The Hall–Kier alpha value is -3.07. The van der Waals surface area contributed by atoms with Gasteiger partial charge >= 0.3 is 0 Å². The van der Waals surface area contributed by atoms with Gasteiger partial charge in [0.05, 0.1) is 22.7 Å². The predicted molar refractivity (Wildman–Crippen MR) is 118 cm³/mol. The number of hydrogen-bond acceptors (Lipinski definition) is 6. The van der Waals surface area contributed by atoms with Gasteiger partial charge in [0.25, 0.3) is 5.69 Å². The topological polar surface area (TPSA) is 103 Å². The molecule has 158 valence electrons. The Balaban J connectivity index is 1.73. The standard InChI is InChI=1S/C21H25N5O3S/c1-12(2)10-25-15(5)17(14(4)24-25)9-20(27)23-21-22-18(11-30-21)16-7-6-13(3)19(8-16)26(28)29/h6-8,11-12H,9-10H2,1-5H3,(H,22,23,27). The van der Waals surface area contributed by atoms with E-state index in [1.807, 2.05) is 18.5 Å². The molecule has 0 radical (unpaired) electrons. The Bertz CT molecular complexity index is 1100. The molecular weight excluding hydrogens is 402 g/mol. The molecule has 0 saturated heterocycles. The quantitative estimate of drug-likeness (QED) is 0.436. The number of nitro benzene ring substituents is 1. The summed E-state index contributed by atoms with van der Waals surface area (Å²) in [7, 11) is 0. The van der Waals surface area contributed by atoms with Crippen LogP contribution < -0.4 is 5.32 Å². The van der Waals surface area contributed by atoms with Crippen LogP contribution in [-0.2, 0) is 17.8 Å². The minimum atomic E-state index is -0.405. The molecule has 0 bridgehead atoms. The van der Waals surface area contributed by atoms with E-state index in [2.05, 4.69) is 29.2 Å². The molecule has 0 spiro atoms. The van der Waals surface area contributed by atoms with Crippen LogP contribution in [-0.4, -0.2) is 25.6 Å². The van der Waals surface area contributed by atoms with Crippen LogP contribution in [0.15, 0.2) is 23.6 Å². The van der Waals surface area contributed by atoms with Crippen LogP contribution in [0.1, 0.15) is 36.4 Å².